The first kappa shape index (κ1) is 18.1. The summed E-state index contributed by atoms with van der Waals surface area (Å²) in [6.07, 6.45) is 3.43. The van der Waals surface area contributed by atoms with Crippen LogP contribution in [0.15, 0.2) is 54.7 Å². The molecular formula is C22H23N3O3. The third-order valence-electron chi connectivity index (χ3n) is 5.25. The standard InChI is InChI=1S/C22H23N3O3/c1-28-20-7-3-2-6-18(20)24-21(26)17-5-4-12-25(14-17)22(27)16-9-8-15-10-11-23-19(15)13-16/h2-3,6-11,13,17,23H,4-5,12,14H2,1H3,(H,24,26). The number of aromatic nitrogens is 1. The molecule has 2 amide bonds. The van der Waals surface area contributed by atoms with Gasteiger partial charge < -0.3 is 19.9 Å². The van der Waals surface area contributed by atoms with Crippen molar-refractivity contribution in [1.29, 1.82) is 0 Å². The molecule has 4 rings (SSSR count). The number of methoxy groups -OCH3 is 1. The maximum atomic E-state index is 13.0. The van der Waals surface area contributed by atoms with Gasteiger partial charge in [-0.05, 0) is 48.6 Å². The van der Waals surface area contributed by atoms with Gasteiger partial charge in [-0.2, -0.15) is 0 Å². The zero-order valence-corrected chi connectivity index (χ0v) is 15.8. The van der Waals surface area contributed by atoms with Gasteiger partial charge in [0, 0.05) is 30.4 Å². The van der Waals surface area contributed by atoms with Crippen LogP contribution in [0, 0.1) is 5.92 Å². The van der Waals surface area contributed by atoms with E-state index in [-0.39, 0.29) is 17.7 Å². The summed E-state index contributed by atoms with van der Waals surface area (Å²) in [7, 11) is 1.58. The first-order valence-corrected chi connectivity index (χ1v) is 9.46. The molecule has 1 aliphatic heterocycles. The number of para-hydroxylation sites is 2. The van der Waals surface area contributed by atoms with Crippen LogP contribution in [0.25, 0.3) is 10.9 Å². The summed E-state index contributed by atoms with van der Waals surface area (Å²) in [6.45, 7) is 1.09. The molecule has 1 aliphatic rings. The molecule has 6 heteroatoms. The Kier molecular flexibility index (Phi) is 5.02. The van der Waals surface area contributed by atoms with Crippen molar-refractivity contribution in [2.45, 2.75) is 12.8 Å². The van der Waals surface area contributed by atoms with Crippen molar-refractivity contribution >= 4 is 28.4 Å². The molecule has 1 aromatic heterocycles. The van der Waals surface area contributed by atoms with Gasteiger partial charge in [-0.1, -0.05) is 18.2 Å². The van der Waals surface area contributed by atoms with Crippen molar-refractivity contribution in [3.63, 3.8) is 0 Å². The van der Waals surface area contributed by atoms with Gasteiger partial charge >= 0.3 is 0 Å². The first-order chi connectivity index (χ1) is 13.7. The highest BCUT2D eigenvalue weighted by Crippen LogP contribution is 2.26. The van der Waals surface area contributed by atoms with Crippen molar-refractivity contribution in [2.75, 3.05) is 25.5 Å². The average molecular weight is 377 g/mol. The lowest BCUT2D eigenvalue weighted by Gasteiger charge is -2.32. The number of nitrogens with zero attached hydrogens (tertiary/aromatic N) is 1. The van der Waals surface area contributed by atoms with Gasteiger partial charge in [-0.3, -0.25) is 9.59 Å². The Hall–Kier alpha value is -3.28. The summed E-state index contributed by atoms with van der Waals surface area (Å²) in [6, 6.07) is 15.0. The van der Waals surface area contributed by atoms with Crippen LogP contribution in [0.4, 0.5) is 5.69 Å². The number of carbonyl (C=O) groups is 2. The number of nitrogens with one attached hydrogen (secondary N) is 2. The predicted octanol–water partition coefficient (Wildman–Crippen LogP) is 3.67. The third kappa shape index (κ3) is 3.58. The second-order valence-electron chi connectivity index (χ2n) is 7.06. The Labute approximate surface area is 163 Å². The zero-order chi connectivity index (χ0) is 19.5. The van der Waals surface area contributed by atoms with E-state index < -0.39 is 0 Å². The second-order valence-corrected chi connectivity index (χ2v) is 7.06. The number of fused-ring (bicyclic) bond motifs is 1. The number of ether oxygens (including phenoxy) is 1. The summed E-state index contributed by atoms with van der Waals surface area (Å²) in [5.41, 5.74) is 2.23. The highest BCUT2D eigenvalue weighted by atomic mass is 16.5. The maximum absolute atomic E-state index is 13.0. The smallest absolute Gasteiger partial charge is 0.253 e. The van der Waals surface area contributed by atoms with Gasteiger partial charge in [0.25, 0.3) is 5.91 Å². The number of carbonyl (C=O) groups excluding carboxylic acids is 2. The van der Waals surface area contributed by atoms with Crippen LogP contribution in [0.3, 0.4) is 0 Å². The van der Waals surface area contributed by atoms with Gasteiger partial charge in [-0.15, -0.1) is 0 Å². The van der Waals surface area contributed by atoms with Gasteiger partial charge in [0.2, 0.25) is 5.91 Å². The van der Waals surface area contributed by atoms with Crippen molar-refractivity contribution < 1.29 is 14.3 Å². The first-order valence-electron chi connectivity index (χ1n) is 9.46. The van der Waals surface area contributed by atoms with Crippen LogP contribution in [-0.4, -0.2) is 41.9 Å². The van der Waals surface area contributed by atoms with Crippen LogP contribution in [0.5, 0.6) is 5.75 Å². The fourth-order valence-electron chi connectivity index (χ4n) is 3.72. The van der Waals surface area contributed by atoms with E-state index in [9.17, 15) is 9.59 Å². The monoisotopic (exact) mass is 377 g/mol. The van der Waals surface area contributed by atoms with Gasteiger partial charge in [0.05, 0.1) is 18.7 Å². The summed E-state index contributed by atoms with van der Waals surface area (Å²) < 4.78 is 5.30. The highest BCUT2D eigenvalue weighted by Gasteiger charge is 2.29. The Morgan fingerprint density at radius 3 is 2.89 bits per heavy atom. The molecule has 1 fully saturated rings. The van der Waals surface area contributed by atoms with Crippen molar-refractivity contribution in [3.05, 3.63) is 60.3 Å². The fourth-order valence-corrected chi connectivity index (χ4v) is 3.72. The quantitative estimate of drug-likeness (QED) is 0.729. The largest absolute Gasteiger partial charge is 0.495 e. The Balaban J connectivity index is 1.46. The molecule has 1 atom stereocenters. The van der Waals surface area contributed by atoms with E-state index >= 15 is 0 Å². The van der Waals surface area contributed by atoms with Crippen molar-refractivity contribution in [3.8, 4) is 5.75 Å². The molecule has 0 aliphatic carbocycles. The van der Waals surface area contributed by atoms with E-state index in [0.29, 0.717) is 30.1 Å². The number of likely N-dealkylation sites (tertiary alicyclic amines) is 1. The molecule has 0 bridgehead atoms. The number of hydrogen-bond acceptors (Lipinski definition) is 3. The maximum Gasteiger partial charge on any atom is 0.253 e. The molecular weight excluding hydrogens is 354 g/mol. The molecule has 1 unspecified atom stereocenters. The molecule has 2 heterocycles. The summed E-state index contributed by atoms with van der Waals surface area (Å²) in [5.74, 6) is 0.267. The Bertz CT molecular complexity index is 1010. The molecule has 0 spiro atoms. The van der Waals surface area contributed by atoms with E-state index in [1.165, 1.54) is 0 Å². The van der Waals surface area contributed by atoms with Crippen LogP contribution in [-0.2, 0) is 4.79 Å². The number of hydrogen-bond donors (Lipinski definition) is 2. The summed E-state index contributed by atoms with van der Waals surface area (Å²) >= 11 is 0. The molecule has 6 nitrogen and oxygen atoms in total. The fraction of sp³-hybridized carbons (Fsp3) is 0.273. The van der Waals surface area contributed by atoms with Crippen LogP contribution >= 0.6 is 0 Å². The third-order valence-corrected chi connectivity index (χ3v) is 5.25. The number of piperidine rings is 1. The average Bonchev–Trinajstić information content (AvgIpc) is 3.21. The molecule has 0 saturated carbocycles. The van der Waals surface area contributed by atoms with Gasteiger partial charge in [0.1, 0.15) is 5.75 Å². The molecule has 144 valence electrons. The Morgan fingerprint density at radius 2 is 2.04 bits per heavy atom. The van der Waals surface area contributed by atoms with Gasteiger partial charge in [0.15, 0.2) is 0 Å². The van der Waals surface area contributed by atoms with E-state index in [0.717, 1.165) is 23.7 Å². The summed E-state index contributed by atoms with van der Waals surface area (Å²) in [4.78, 5) is 30.6. The molecule has 2 aromatic carbocycles. The van der Waals surface area contributed by atoms with E-state index in [1.54, 1.807) is 12.0 Å². The summed E-state index contributed by atoms with van der Waals surface area (Å²) in [5, 5.41) is 4.02. The number of anilines is 1. The lowest BCUT2D eigenvalue weighted by molar-refractivity contribution is -0.121. The van der Waals surface area contributed by atoms with Crippen LogP contribution < -0.4 is 10.1 Å². The molecule has 1 saturated heterocycles. The van der Waals surface area contributed by atoms with E-state index in [1.807, 2.05) is 54.7 Å². The van der Waals surface area contributed by atoms with E-state index in [4.69, 9.17) is 4.74 Å². The lowest BCUT2D eigenvalue weighted by atomic mass is 9.96. The molecule has 0 radical (unpaired) electrons. The number of H-pyrrole nitrogens is 1. The molecule has 28 heavy (non-hydrogen) atoms. The number of rotatable bonds is 4. The highest BCUT2D eigenvalue weighted by molar-refractivity contribution is 5.99. The van der Waals surface area contributed by atoms with Crippen LogP contribution in [0.1, 0.15) is 23.2 Å². The zero-order valence-electron chi connectivity index (χ0n) is 15.8. The van der Waals surface area contributed by atoms with Crippen molar-refractivity contribution in [2.24, 2.45) is 5.92 Å². The van der Waals surface area contributed by atoms with Crippen LogP contribution in [0.2, 0.25) is 0 Å². The normalized spacial score (nSPS) is 16.8. The minimum atomic E-state index is -0.239. The molecule has 2 N–H and O–H groups in total. The van der Waals surface area contributed by atoms with Crippen molar-refractivity contribution in [1.82, 2.24) is 9.88 Å². The predicted molar refractivity (Wildman–Crippen MR) is 109 cm³/mol. The minimum absolute atomic E-state index is 0.0358. The second kappa shape index (κ2) is 7.76. The van der Waals surface area contributed by atoms with Gasteiger partial charge in [-0.25, -0.2) is 0 Å². The lowest BCUT2D eigenvalue weighted by Crippen LogP contribution is -2.43. The minimum Gasteiger partial charge on any atom is -0.495 e. The Morgan fingerprint density at radius 1 is 1.18 bits per heavy atom. The number of aromatic amines is 1. The number of benzene rings is 2. The number of amides is 2. The molecule has 3 aromatic rings. The SMILES string of the molecule is COc1ccccc1NC(=O)C1CCCN(C(=O)c2ccc3cc[nH]c3c2)C1. The van der Waals surface area contributed by atoms with E-state index in [2.05, 4.69) is 10.3 Å². The topological polar surface area (TPSA) is 74.4 Å².